The first-order chi connectivity index (χ1) is 11.2. The molecule has 6 heteroatoms. The third kappa shape index (κ3) is 4.10. The third-order valence-electron chi connectivity index (χ3n) is 4.18. The number of imidazole rings is 1. The van der Waals surface area contributed by atoms with E-state index in [1.54, 1.807) is 19.6 Å². The minimum absolute atomic E-state index is 0.210. The standard InChI is InChI=1S/C17H22N4O2/c1-23-16-4-2-13(3-5-16)6-7-21-11-14(8-17(21)22)19-10-15-9-18-12-20-15/h2-5,9,12,14,19H,6-8,10-11H2,1H3,(H,18,20). The van der Waals surface area contributed by atoms with Gasteiger partial charge in [-0.25, -0.2) is 4.98 Å². The zero-order chi connectivity index (χ0) is 16.1. The summed E-state index contributed by atoms with van der Waals surface area (Å²) in [6.07, 6.45) is 4.89. The Balaban J connectivity index is 1.45. The van der Waals surface area contributed by atoms with Crippen molar-refractivity contribution < 1.29 is 9.53 Å². The lowest BCUT2D eigenvalue weighted by Crippen LogP contribution is -2.33. The molecule has 0 saturated carbocycles. The Morgan fingerprint density at radius 1 is 1.39 bits per heavy atom. The van der Waals surface area contributed by atoms with E-state index in [-0.39, 0.29) is 11.9 Å². The second-order valence-electron chi connectivity index (χ2n) is 5.80. The molecule has 1 atom stereocenters. The van der Waals surface area contributed by atoms with Crippen molar-refractivity contribution in [3.05, 3.63) is 48.0 Å². The Bertz CT molecular complexity index is 625. The first-order valence-corrected chi connectivity index (χ1v) is 7.86. The highest BCUT2D eigenvalue weighted by Gasteiger charge is 2.28. The summed E-state index contributed by atoms with van der Waals surface area (Å²) in [4.78, 5) is 21.1. The van der Waals surface area contributed by atoms with Gasteiger partial charge < -0.3 is 19.9 Å². The van der Waals surface area contributed by atoms with Gasteiger partial charge in [-0.1, -0.05) is 12.1 Å². The van der Waals surface area contributed by atoms with Crippen molar-refractivity contribution in [3.8, 4) is 5.75 Å². The van der Waals surface area contributed by atoms with Gasteiger partial charge in [0.2, 0.25) is 5.91 Å². The first-order valence-electron chi connectivity index (χ1n) is 7.86. The number of ether oxygens (including phenoxy) is 1. The van der Waals surface area contributed by atoms with Crippen LogP contribution < -0.4 is 10.1 Å². The van der Waals surface area contributed by atoms with Crippen molar-refractivity contribution in [3.63, 3.8) is 0 Å². The lowest BCUT2D eigenvalue weighted by Gasteiger charge is -2.17. The molecule has 1 aromatic carbocycles. The maximum Gasteiger partial charge on any atom is 0.224 e. The predicted octanol–water partition coefficient (Wildman–Crippen LogP) is 1.35. The highest BCUT2D eigenvalue weighted by Crippen LogP contribution is 2.15. The van der Waals surface area contributed by atoms with Crippen LogP contribution in [-0.4, -0.2) is 47.0 Å². The molecule has 6 nitrogen and oxygen atoms in total. The van der Waals surface area contributed by atoms with Crippen LogP contribution in [0.25, 0.3) is 0 Å². The van der Waals surface area contributed by atoms with Crippen LogP contribution in [0.1, 0.15) is 17.7 Å². The van der Waals surface area contributed by atoms with Gasteiger partial charge in [0.25, 0.3) is 0 Å². The molecule has 122 valence electrons. The minimum Gasteiger partial charge on any atom is -0.497 e. The van der Waals surface area contributed by atoms with Crippen LogP contribution in [0.5, 0.6) is 5.75 Å². The van der Waals surface area contributed by atoms with Gasteiger partial charge in [-0.3, -0.25) is 4.79 Å². The van der Waals surface area contributed by atoms with E-state index < -0.39 is 0 Å². The summed E-state index contributed by atoms with van der Waals surface area (Å²) >= 11 is 0. The number of rotatable bonds is 7. The monoisotopic (exact) mass is 314 g/mol. The second-order valence-corrected chi connectivity index (χ2v) is 5.80. The molecule has 1 aromatic heterocycles. The summed E-state index contributed by atoms with van der Waals surface area (Å²) < 4.78 is 5.16. The first kappa shape index (κ1) is 15.6. The third-order valence-corrected chi connectivity index (χ3v) is 4.18. The average molecular weight is 314 g/mol. The van der Waals surface area contributed by atoms with E-state index >= 15 is 0 Å². The van der Waals surface area contributed by atoms with Crippen LogP contribution in [0.4, 0.5) is 0 Å². The van der Waals surface area contributed by atoms with Gasteiger partial charge in [0.05, 0.1) is 13.4 Å². The molecule has 0 aliphatic carbocycles. The lowest BCUT2D eigenvalue weighted by atomic mass is 10.1. The number of carbonyl (C=O) groups is 1. The molecule has 1 fully saturated rings. The van der Waals surface area contributed by atoms with Gasteiger partial charge >= 0.3 is 0 Å². The van der Waals surface area contributed by atoms with Crippen molar-refractivity contribution in [1.29, 1.82) is 0 Å². The molecule has 1 aliphatic rings. The fourth-order valence-corrected chi connectivity index (χ4v) is 2.82. The summed E-state index contributed by atoms with van der Waals surface area (Å²) in [6.45, 7) is 2.24. The highest BCUT2D eigenvalue weighted by molar-refractivity contribution is 5.79. The Morgan fingerprint density at radius 3 is 2.91 bits per heavy atom. The van der Waals surface area contributed by atoms with Gasteiger partial charge in [0.15, 0.2) is 0 Å². The van der Waals surface area contributed by atoms with E-state index in [1.807, 2.05) is 29.2 Å². The SMILES string of the molecule is COc1ccc(CCN2CC(NCc3cnc[nH]3)CC2=O)cc1. The van der Waals surface area contributed by atoms with E-state index in [9.17, 15) is 4.79 Å². The van der Waals surface area contributed by atoms with Crippen LogP contribution in [0.3, 0.4) is 0 Å². The molecule has 0 spiro atoms. The van der Waals surface area contributed by atoms with Gasteiger partial charge in [-0.15, -0.1) is 0 Å². The number of H-pyrrole nitrogens is 1. The molecule has 1 unspecified atom stereocenters. The molecule has 2 aromatic rings. The Hall–Kier alpha value is -2.34. The molecule has 2 N–H and O–H groups in total. The number of nitrogens with one attached hydrogen (secondary N) is 2. The van der Waals surface area contributed by atoms with Crippen molar-refractivity contribution in [2.45, 2.75) is 25.4 Å². The Labute approximate surface area is 135 Å². The molecule has 23 heavy (non-hydrogen) atoms. The molecular formula is C17H22N4O2. The molecule has 2 heterocycles. The number of aromatic amines is 1. The molecule has 0 bridgehead atoms. The number of nitrogens with zero attached hydrogens (tertiary/aromatic N) is 2. The average Bonchev–Trinajstić information content (AvgIpc) is 3.21. The molecule has 1 amide bonds. The van der Waals surface area contributed by atoms with Crippen LogP contribution >= 0.6 is 0 Å². The number of amides is 1. The maximum atomic E-state index is 12.1. The van der Waals surface area contributed by atoms with Crippen molar-refractivity contribution in [2.75, 3.05) is 20.2 Å². The fraction of sp³-hybridized carbons (Fsp3) is 0.412. The van der Waals surface area contributed by atoms with Gasteiger partial charge in [-0.05, 0) is 24.1 Å². The normalized spacial score (nSPS) is 17.7. The number of methoxy groups -OCH3 is 1. The number of hydrogen-bond acceptors (Lipinski definition) is 4. The molecule has 3 rings (SSSR count). The zero-order valence-electron chi connectivity index (χ0n) is 13.3. The number of likely N-dealkylation sites (tertiary alicyclic amines) is 1. The minimum atomic E-state index is 0.210. The summed E-state index contributed by atoms with van der Waals surface area (Å²) in [5, 5.41) is 3.41. The number of aromatic nitrogens is 2. The van der Waals surface area contributed by atoms with Gasteiger partial charge in [0.1, 0.15) is 5.75 Å². The molecule has 1 aliphatic heterocycles. The number of hydrogen-bond donors (Lipinski definition) is 2. The number of carbonyl (C=O) groups excluding carboxylic acids is 1. The number of benzene rings is 1. The van der Waals surface area contributed by atoms with Gasteiger partial charge in [0, 0.05) is 44.0 Å². The summed E-state index contributed by atoms with van der Waals surface area (Å²) in [5.41, 5.74) is 2.25. The topological polar surface area (TPSA) is 70.2 Å². The van der Waals surface area contributed by atoms with E-state index in [4.69, 9.17) is 4.74 Å². The maximum absolute atomic E-state index is 12.1. The largest absolute Gasteiger partial charge is 0.497 e. The van der Waals surface area contributed by atoms with Crippen molar-refractivity contribution in [2.24, 2.45) is 0 Å². The smallest absolute Gasteiger partial charge is 0.224 e. The molecule has 1 saturated heterocycles. The van der Waals surface area contributed by atoms with Gasteiger partial charge in [-0.2, -0.15) is 0 Å². The van der Waals surface area contributed by atoms with Crippen LogP contribution in [0, 0.1) is 0 Å². The Kier molecular flexibility index (Phi) is 4.92. The lowest BCUT2D eigenvalue weighted by molar-refractivity contribution is -0.127. The highest BCUT2D eigenvalue weighted by atomic mass is 16.5. The quantitative estimate of drug-likeness (QED) is 0.809. The van der Waals surface area contributed by atoms with E-state index in [0.717, 1.165) is 31.0 Å². The summed E-state index contributed by atoms with van der Waals surface area (Å²) in [5.74, 6) is 1.08. The zero-order valence-corrected chi connectivity index (χ0v) is 13.3. The van der Waals surface area contributed by atoms with Crippen molar-refractivity contribution >= 4 is 5.91 Å². The van der Waals surface area contributed by atoms with E-state index in [1.165, 1.54) is 5.56 Å². The van der Waals surface area contributed by atoms with Crippen LogP contribution in [0.2, 0.25) is 0 Å². The Morgan fingerprint density at radius 2 is 2.22 bits per heavy atom. The van der Waals surface area contributed by atoms with E-state index in [0.29, 0.717) is 13.0 Å². The van der Waals surface area contributed by atoms with Crippen LogP contribution in [-0.2, 0) is 17.8 Å². The fourth-order valence-electron chi connectivity index (χ4n) is 2.82. The van der Waals surface area contributed by atoms with Crippen LogP contribution in [0.15, 0.2) is 36.8 Å². The molecular weight excluding hydrogens is 292 g/mol. The predicted molar refractivity (Wildman–Crippen MR) is 87.1 cm³/mol. The summed E-state index contributed by atoms with van der Waals surface area (Å²) in [7, 11) is 1.66. The second kappa shape index (κ2) is 7.28. The van der Waals surface area contributed by atoms with Crippen molar-refractivity contribution in [1.82, 2.24) is 20.2 Å². The molecule has 0 radical (unpaired) electrons. The van der Waals surface area contributed by atoms with E-state index in [2.05, 4.69) is 15.3 Å². The summed E-state index contributed by atoms with van der Waals surface area (Å²) in [6, 6.07) is 8.22.